The molecule has 0 bridgehead atoms. The summed E-state index contributed by atoms with van der Waals surface area (Å²) in [6.07, 6.45) is 0. The Bertz CT molecular complexity index is 1570. The molecule has 11 nitrogen and oxygen atoms in total. The van der Waals surface area contributed by atoms with Crippen LogP contribution in [0.3, 0.4) is 0 Å². The van der Waals surface area contributed by atoms with Crippen molar-refractivity contribution in [2.24, 2.45) is 0 Å². The third kappa shape index (κ3) is 6.44. The molecule has 1 heterocycles. The van der Waals surface area contributed by atoms with Crippen molar-refractivity contribution in [3.8, 4) is 11.5 Å². The van der Waals surface area contributed by atoms with Gasteiger partial charge >= 0.3 is 0 Å². The van der Waals surface area contributed by atoms with E-state index in [9.17, 15) is 21.6 Å². The Hall–Kier alpha value is -3.81. The minimum atomic E-state index is -4.12. The number of anilines is 2. The highest BCUT2D eigenvalue weighted by Gasteiger charge is 2.25. The van der Waals surface area contributed by atoms with E-state index in [4.69, 9.17) is 14.2 Å². The quantitative estimate of drug-likeness (QED) is 0.397. The number of morpholine rings is 1. The highest BCUT2D eigenvalue weighted by atomic mass is 32.2. The van der Waals surface area contributed by atoms with Gasteiger partial charge in [0.25, 0.3) is 26.0 Å². The summed E-state index contributed by atoms with van der Waals surface area (Å²) in [5.41, 5.74) is 1.37. The van der Waals surface area contributed by atoms with Gasteiger partial charge in [-0.1, -0.05) is 6.07 Å². The van der Waals surface area contributed by atoms with E-state index >= 15 is 0 Å². The number of hydrogen-bond acceptors (Lipinski definition) is 8. The van der Waals surface area contributed by atoms with Crippen molar-refractivity contribution in [3.63, 3.8) is 0 Å². The van der Waals surface area contributed by atoms with Crippen molar-refractivity contribution in [1.82, 2.24) is 4.90 Å². The van der Waals surface area contributed by atoms with Crippen LogP contribution in [0.15, 0.2) is 70.5 Å². The van der Waals surface area contributed by atoms with Gasteiger partial charge in [-0.05, 0) is 67.1 Å². The molecule has 1 amide bonds. The first kappa shape index (κ1) is 28.2. The Morgan fingerprint density at radius 2 is 1.38 bits per heavy atom. The molecule has 3 aromatic rings. The fourth-order valence-electron chi connectivity index (χ4n) is 3.98. The molecule has 1 fully saturated rings. The Morgan fingerprint density at radius 3 is 2.03 bits per heavy atom. The van der Waals surface area contributed by atoms with Gasteiger partial charge in [-0.2, -0.15) is 0 Å². The number of methoxy groups -OCH3 is 2. The van der Waals surface area contributed by atoms with Gasteiger partial charge in [-0.25, -0.2) is 16.8 Å². The van der Waals surface area contributed by atoms with Crippen LogP contribution in [-0.2, 0) is 24.8 Å². The lowest BCUT2D eigenvalue weighted by Crippen LogP contribution is -2.40. The summed E-state index contributed by atoms with van der Waals surface area (Å²) in [6.45, 7) is 3.39. The largest absolute Gasteiger partial charge is 0.496 e. The number of amides is 1. The van der Waals surface area contributed by atoms with Gasteiger partial charge in [0.15, 0.2) is 0 Å². The Kier molecular flexibility index (Phi) is 8.33. The molecule has 0 aliphatic carbocycles. The van der Waals surface area contributed by atoms with Crippen molar-refractivity contribution in [2.45, 2.75) is 16.7 Å². The van der Waals surface area contributed by atoms with E-state index in [2.05, 4.69) is 9.44 Å². The van der Waals surface area contributed by atoms with Crippen molar-refractivity contribution < 1.29 is 35.8 Å². The monoisotopic (exact) mass is 575 g/mol. The minimum absolute atomic E-state index is 0.0724. The molecule has 0 aromatic heterocycles. The molecule has 0 atom stereocenters. The van der Waals surface area contributed by atoms with Crippen molar-refractivity contribution in [3.05, 3.63) is 71.8 Å². The summed E-state index contributed by atoms with van der Waals surface area (Å²) in [4.78, 5) is 14.4. The van der Waals surface area contributed by atoms with E-state index in [1.807, 2.05) is 6.92 Å². The van der Waals surface area contributed by atoms with Gasteiger partial charge in [0.1, 0.15) is 11.5 Å². The maximum atomic E-state index is 13.1. The Labute approximate surface area is 227 Å². The average Bonchev–Trinajstić information content (AvgIpc) is 2.92. The molecule has 0 spiro atoms. The second kappa shape index (κ2) is 11.5. The molecule has 3 aromatic carbocycles. The smallest absolute Gasteiger partial charge is 0.262 e. The SMILES string of the molecule is COc1ccc(C)cc1NS(=O)(=O)c1ccc(NS(=O)(=O)c2ccc(OC)c(C(=O)N3CCOCC3)c2)cc1. The summed E-state index contributed by atoms with van der Waals surface area (Å²) in [5, 5.41) is 0. The molecular weight excluding hydrogens is 546 g/mol. The lowest BCUT2D eigenvalue weighted by molar-refractivity contribution is 0.0300. The fourth-order valence-corrected chi connectivity index (χ4v) is 6.13. The van der Waals surface area contributed by atoms with E-state index < -0.39 is 20.0 Å². The molecule has 39 heavy (non-hydrogen) atoms. The van der Waals surface area contributed by atoms with E-state index in [0.717, 1.165) is 5.56 Å². The average molecular weight is 576 g/mol. The van der Waals surface area contributed by atoms with Crippen LogP contribution in [0.4, 0.5) is 11.4 Å². The first-order chi connectivity index (χ1) is 18.5. The number of carbonyl (C=O) groups is 1. The zero-order valence-electron chi connectivity index (χ0n) is 21.6. The van der Waals surface area contributed by atoms with Gasteiger partial charge in [-0.3, -0.25) is 14.2 Å². The van der Waals surface area contributed by atoms with Crippen molar-refractivity contribution in [2.75, 3.05) is 50.0 Å². The summed E-state index contributed by atoms with van der Waals surface area (Å²) in [6, 6.07) is 14.3. The number of aryl methyl sites for hydroxylation is 1. The summed E-state index contributed by atoms with van der Waals surface area (Å²) in [5.74, 6) is 0.247. The van der Waals surface area contributed by atoms with E-state index in [-0.39, 0.29) is 38.4 Å². The summed E-state index contributed by atoms with van der Waals surface area (Å²) >= 11 is 0. The number of sulfonamides is 2. The highest BCUT2D eigenvalue weighted by Crippen LogP contribution is 2.29. The first-order valence-electron chi connectivity index (χ1n) is 11.9. The molecule has 208 valence electrons. The molecule has 0 radical (unpaired) electrons. The van der Waals surface area contributed by atoms with Crippen molar-refractivity contribution >= 4 is 37.3 Å². The van der Waals surface area contributed by atoms with E-state index in [1.54, 1.807) is 23.1 Å². The fraction of sp³-hybridized carbons (Fsp3) is 0.269. The molecule has 4 rings (SSSR count). The molecule has 2 N–H and O–H groups in total. The van der Waals surface area contributed by atoms with Crippen molar-refractivity contribution in [1.29, 1.82) is 0 Å². The molecule has 13 heteroatoms. The predicted octanol–water partition coefficient (Wildman–Crippen LogP) is 3.09. The van der Waals surface area contributed by atoms with Gasteiger partial charge in [0, 0.05) is 18.8 Å². The van der Waals surface area contributed by atoms with Crippen LogP contribution in [0.1, 0.15) is 15.9 Å². The zero-order chi connectivity index (χ0) is 28.2. The third-order valence-corrected chi connectivity index (χ3v) is 8.79. The highest BCUT2D eigenvalue weighted by molar-refractivity contribution is 7.93. The van der Waals surface area contributed by atoms with Crippen LogP contribution in [-0.4, -0.2) is 68.2 Å². The molecule has 1 saturated heterocycles. The zero-order valence-corrected chi connectivity index (χ0v) is 23.3. The van der Waals surface area contributed by atoms with Gasteiger partial charge in [0.2, 0.25) is 0 Å². The van der Waals surface area contributed by atoms with E-state index in [1.165, 1.54) is 56.7 Å². The lowest BCUT2D eigenvalue weighted by atomic mass is 10.1. The third-order valence-electron chi connectivity index (χ3n) is 6.03. The molecular formula is C26H29N3O8S2. The first-order valence-corrected chi connectivity index (χ1v) is 14.9. The number of carbonyl (C=O) groups excluding carboxylic acids is 1. The molecule has 1 aliphatic heterocycles. The van der Waals surface area contributed by atoms with Crippen LogP contribution in [0.25, 0.3) is 0 Å². The van der Waals surface area contributed by atoms with Gasteiger partial charge in [-0.15, -0.1) is 0 Å². The number of rotatable bonds is 9. The minimum Gasteiger partial charge on any atom is -0.496 e. The van der Waals surface area contributed by atoms with Crippen LogP contribution in [0.2, 0.25) is 0 Å². The topological polar surface area (TPSA) is 140 Å². The van der Waals surface area contributed by atoms with Gasteiger partial charge in [0.05, 0.1) is 48.5 Å². The predicted molar refractivity (Wildman–Crippen MR) is 146 cm³/mol. The van der Waals surface area contributed by atoms with Crippen LogP contribution in [0.5, 0.6) is 11.5 Å². The molecule has 0 unspecified atom stereocenters. The number of ether oxygens (including phenoxy) is 3. The Balaban J connectivity index is 1.54. The molecule has 0 saturated carbocycles. The van der Waals surface area contributed by atoms with Crippen LogP contribution in [0, 0.1) is 6.92 Å². The van der Waals surface area contributed by atoms with E-state index in [0.29, 0.717) is 32.1 Å². The van der Waals surface area contributed by atoms with Gasteiger partial charge < -0.3 is 19.1 Å². The van der Waals surface area contributed by atoms with Crippen LogP contribution < -0.4 is 18.9 Å². The summed E-state index contributed by atoms with van der Waals surface area (Å²) < 4.78 is 72.9. The number of hydrogen-bond donors (Lipinski definition) is 2. The summed E-state index contributed by atoms with van der Waals surface area (Å²) in [7, 11) is -5.26. The maximum Gasteiger partial charge on any atom is 0.262 e. The Morgan fingerprint density at radius 1 is 0.795 bits per heavy atom. The standard InChI is InChI=1S/C26H29N3O8S2/c1-18-4-10-25(36-3)23(16-18)28-38(31,32)20-7-5-19(6-8-20)27-39(33,34)21-9-11-24(35-2)22(17-21)26(30)29-12-14-37-15-13-29/h4-11,16-17,27-28H,12-15H2,1-3H3. The molecule has 1 aliphatic rings. The normalized spacial score (nSPS) is 14.0. The number of benzene rings is 3. The number of nitrogens with zero attached hydrogens (tertiary/aromatic N) is 1. The van der Waals surface area contributed by atoms with Crippen LogP contribution >= 0.6 is 0 Å². The number of nitrogens with one attached hydrogen (secondary N) is 2. The second-order valence-electron chi connectivity index (χ2n) is 8.71. The maximum absolute atomic E-state index is 13.1. The second-order valence-corrected chi connectivity index (χ2v) is 12.1. The lowest BCUT2D eigenvalue weighted by Gasteiger charge is -2.27.